The minimum absolute atomic E-state index is 0.199. The number of benzene rings is 2. The molecule has 1 heterocycles. The molecule has 0 radical (unpaired) electrons. The van der Waals surface area contributed by atoms with E-state index in [1.807, 2.05) is 12.1 Å². The molecule has 0 atom stereocenters. The van der Waals surface area contributed by atoms with Gasteiger partial charge in [-0.05, 0) is 54.7 Å². The van der Waals surface area contributed by atoms with Crippen LogP contribution < -0.4 is 10.1 Å². The summed E-state index contributed by atoms with van der Waals surface area (Å²) in [6.45, 7) is 1.46. The number of carbonyl (C=O) groups is 1. The highest BCUT2D eigenvalue weighted by atomic mass is 79.9. The molecule has 1 aliphatic rings. The van der Waals surface area contributed by atoms with E-state index in [1.165, 1.54) is 22.0 Å². The molecular weight excluding hydrogens is 404 g/mol. The Labute approximate surface area is 167 Å². The lowest BCUT2D eigenvalue weighted by Crippen LogP contribution is -2.26. The number of ether oxygens (including phenoxy) is 1. The molecular formula is C22H23BrN2O2. The molecule has 1 saturated carbocycles. The summed E-state index contributed by atoms with van der Waals surface area (Å²) in [5, 5.41) is 4.25. The molecule has 4 rings (SSSR count). The minimum atomic E-state index is 0.199. The Morgan fingerprint density at radius 3 is 2.78 bits per heavy atom. The van der Waals surface area contributed by atoms with Gasteiger partial charge in [-0.15, -0.1) is 0 Å². The highest BCUT2D eigenvalue weighted by molar-refractivity contribution is 9.10. The van der Waals surface area contributed by atoms with E-state index in [0.29, 0.717) is 6.54 Å². The number of carbonyl (C=O) groups excluding carboxylic acids is 1. The van der Waals surface area contributed by atoms with Crippen molar-refractivity contribution < 1.29 is 9.53 Å². The molecule has 3 aromatic rings. The van der Waals surface area contributed by atoms with Crippen molar-refractivity contribution in [1.82, 2.24) is 9.88 Å². The fourth-order valence-corrected chi connectivity index (χ4v) is 3.84. The molecule has 1 aliphatic carbocycles. The van der Waals surface area contributed by atoms with Crippen molar-refractivity contribution in [3.05, 3.63) is 64.3 Å². The zero-order valence-corrected chi connectivity index (χ0v) is 17.0. The van der Waals surface area contributed by atoms with Gasteiger partial charge in [0.25, 0.3) is 0 Å². The first kappa shape index (κ1) is 18.1. The summed E-state index contributed by atoms with van der Waals surface area (Å²) < 4.78 is 8.80. The Morgan fingerprint density at radius 1 is 1.22 bits per heavy atom. The largest absolute Gasteiger partial charge is 0.497 e. The topological polar surface area (TPSA) is 43.3 Å². The number of halogens is 1. The van der Waals surface area contributed by atoms with Crippen molar-refractivity contribution in [1.29, 1.82) is 0 Å². The molecule has 1 fully saturated rings. The van der Waals surface area contributed by atoms with E-state index in [0.717, 1.165) is 36.0 Å². The molecule has 1 amide bonds. The fourth-order valence-electron chi connectivity index (χ4n) is 3.43. The first-order valence-corrected chi connectivity index (χ1v) is 10.1. The van der Waals surface area contributed by atoms with E-state index in [1.54, 1.807) is 7.11 Å². The summed E-state index contributed by atoms with van der Waals surface area (Å²) in [7, 11) is 1.69. The monoisotopic (exact) mass is 426 g/mol. The van der Waals surface area contributed by atoms with Crippen LogP contribution in [0.15, 0.2) is 53.1 Å². The number of fused-ring (bicyclic) bond motifs is 1. The second-order valence-corrected chi connectivity index (χ2v) is 7.93. The Kier molecular flexibility index (Phi) is 5.21. The van der Waals surface area contributed by atoms with E-state index < -0.39 is 0 Å². The number of amides is 1. The van der Waals surface area contributed by atoms with Crippen LogP contribution in [0.5, 0.6) is 5.75 Å². The molecule has 5 heteroatoms. The predicted molar refractivity (Wildman–Crippen MR) is 111 cm³/mol. The van der Waals surface area contributed by atoms with Crippen LogP contribution in [-0.2, 0) is 17.8 Å². The van der Waals surface area contributed by atoms with E-state index in [-0.39, 0.29) is 11.8 Å². The van der Waals surface area contributed by atoms with Gasteiger partial charge < -0.3 is 14.6 Å². The third-order valence-electron chi connectivity index (χ3n) is 5.11. The Morgan fingerprint density at radius 2 is 2.04 bits per heavy atom. The number of nitrogens with zero attached hydrogens (tertiary/aromatic N) is 1. The van der Waals surface area contributed by atoms with E-state index in [4.69, 9.17) is 4.74 Å². The zero-order chi connectivity index (χ0) is 18.8. The van der Waals surface area contributed by atoms with E-state index in [9.17, 15) is 4.79 Å². The average Bonchev–Trinajstić information content (AvgIpc) is 3.48. The molecule has 0 unspecified atom stereocenters. The van der Waals surface area contributed by atoms with E-state index >= 15 is 0 Å². The normalized spacial score (nSPS) is 13.7. The van der Waals surface area contributed by atoms with Crippen molar-refractivity contribution in [2.24, 2.45) is 5.92 Å². The van der Waals surface area contributed by atoms with Crippen LogP contribution in [0, 0.1) is 5.92 Å². The lowest BCUT2D eigenvalue weighted by atomic mass is 10.1. The maximum atomic E-state index is 11.9. The van der Waals surface area contributed by atoms with Crippen molar-refractivity contribution in [2.75, 3.05) is 13.7 Å². The Balaban J connectivity index is 1.61. The van der Waals surface area contributed by atoms with Crippen LogP contribution in [0.2, 0.25) is 0 Å². The van der Waals surface area contributed by atoms with Gasteiger partial charge in [0.05, 0.1) is 7.11 Å². The highest BCUT2D eigenvalue weighted by Gasteiger charge is 2.29. The van der Waals surface area contributed by atoms with Crippen LogP contribution in [0.4, 0.5) is 0 Å². The molecule has 4 nitrogen and oxygen atoms in total. The average molecular weight is 427 g/mol. The van der Waals surface area contributed by atoms with Gasteiger partial charge in [-0.3, -0.25) is 4.79 Å². The first-order valence-electron chi connectivity index (χ1n) is 9.32. The minimum Gasteiger partial charge on any atom is -0.497 e. The van der Waals surface area contributed by atoms with E-state index in [2.05, 4.69) is 62.3 Å². The van der Waals surface area contributed by atoms with Gasteiger partial charge in [0.1, 0.15) is 5.75 Å². The van der Waals surface area contributed by atoms with Gasteiger partial charge in [-0.25, -0.2) is 0 Å². The smallest absolute Gasteiger partial charge is 0.223 e. The lowest BCUT2D eigenvalue weighted by Gasteiger charge is -2.08. The summed E-state index contributed by atoms with van der Waals surface area (Å²) in [6.07, 6.45) is 5.08. The number of hydrogen-bond donors (Lipinski definition) is 1. The maximum Gasteiger partial charge on any atom is 0.223 e. The quantitative estimate of drug-likeness (QED) is 0.602. The number of rotatable bonds is 7. The fraction of sp³-hybridized carbons (Fsp3) is 0.318. The van der Waals surface area contributed by atoms with Gasteiger partial charge >= 0.3 is 0 Å². The molecule has 1 aromatic heterocycles. The van der Waals surface area contributed by atoms with Gasteiger partial charge in [-0.1, -0.05) is 34.1 Å². The lowest BCUT2D eigenvalue weighted by molar-refractivity contribution is -0.122. The Bertz CT molecular complexity index is 976. The molecule has 0 aliphatic heterocycles. The van der Waals surface area contributed by atoms with Crippen LogP contribution in [0.1, 0.15) is 24.0 Å². The van der Waals surface area contributed by atoms with Crippen LogP contribution in [-0.4, -0.2) is 24.1 Å². The molecule has 140 valence electrons. The summed E-state index contributed by atoms with van der Waals surface area (Å²) in [5.41, 5.74) is 3.64. The van der Waals surface area contributed by atoms with Gasteiger partial charge in [-0.2, -0.15) is 0 Å². The first-order chi connectivity index (χ1) is 13.2. The van der Waals surface area contributed by atoms with Crippen LogP contribution >= 0.6 is 15.9 Å². The second kappa shape index (κ2) is 7.77. The predicted octanol–water partition coefficient (Wildman–Crippen LogP) is 4.53. The van der Waals surface area contributed by atoms with Crippen molar-refractivity contribution in [3.63, 3.8) is 0 Å². The second-order valence-electron chi connectivity index (χ2n) is 7.07. The molecule has 0 bridgehead atoms. The van der Waals surface area contributed by atoms with Crippen LogP contribution in [0.3, 0.4) is 0 Å². The molecule has 27 heavy (non-hydrogen) atoms. The number of aromatic nitrogens is 1. The third kappa shape index (κ3) is 4.03. The molecule has 0 saturated heterocycles. The van der Waals surface area contributed by atoms with Gasteiger partial charge in [0.15, 0.2) is 0 Å². The van der Waals surface area contributed by atoms with Gasteiger partial charge in [0, 0.05) is 40.6 Å². The Hall–Kier alpha value is -2.27. The number of hydrogen-bond acceptors (Lipinski definition) is 2. The highest BCUT2D eigenvalue weighted by Crippen LogP contribution is 2.30. The van der Waals surface area contributed by atoms with Crippen LogP contribution in [0.25, 0.3) is 10.9 Å². The third-order valence-corrected chi connectivity index (χ3v) is 5.88. The SMILES string of the molecule is COc1ccc2c(c1)c(CCNC(=O)C1CC1)cn2Cc1ccccc1Br. The molecule has 0 spiro atoms. The molecule has 2 aromatic carbocycles. The van der Waals surface area contributed by atoms with Crippen molar-refractivity contribution >= 4 is 32.7 Å². The summed E-state index contributed by atoms with van der Waals surface area (Å²) in [6, 6.07) is 14.5. The van der Waals surface area contributed by atoms with Gasteiger partial charge in [0.2, 0.25) is 5.91 Å². The standard InChI is InChI=1S/C22H23BrN2O2/c1-27-18-8-9-21-19(12-18)16(10-11-24-22(26)15-6-7-15)13-25(21)14-17-4-2-3-5-20(17)23/h2-5,8-9,12-13,15H,6-7,10-11,14H2,1H3,(H,24,26). The summed E-state index contributed by atoms with van der Waals surface area (Å²) >= 11 is 3.64. The summed E-state index contributed by atoms with van der Waals surface area (Å²) in [5.74, 6) is 1.30. The molecule has 1 N–H and O–H groups in total. The maximum absolute atomic E-state index is 11.9. The van der Waals surface area contributed by atoms with Crippen molar-refractivity contribution in [3.8, 4) is 5.75 Å². The van der Waals surface area contributed by atoms with Crippen molar-refractivity contribution in [2.45, 2.75) is 25.8 Å². The number of nitrogens with one attached hydrogen (secondary N) is 1. The zero-order valence-electron chi connectivity index (χ0n) is 15.4. The number of methoxy groups -OCH3 is 1. The summed E-state index contributed by atoms with van der Waals surface area (Å²) in [4.78, 5) is 11.9.